The fraction of sp³-hybridized carbons (Fsp3) is 0.231. The van der Waals surface area contributed by atoms with Gasteiger partial charge in [-0.05, 0) is 48.4 Å². The third-order valence-electron chi connectivity index (χ3n) is 5.80. The molecule has 1 unspecified atom stereocenters. The number of pyridine rings is 1. The topological polar surface area (TPSA) is 80.2 Å². The molecule has 1 fully saturated rings. The SMILES string of the molecule is O=C(c1cccc(Nc2ncccn2)c1)N1CCOCC(Cc2cccc3ncccc23)C1. The maximum Gasteiger partial charge on any atom is 0.254 e. The van der Waals surface area contributed by atoms with Gasteiger partial charge in [0.1, 0.15) is 0 Å². The van der Waals surface area contributed by atoms with E-state index in [9.17, 15) is 4.79 Å². The van der Waals surface area contributed by atoms with Crippen LogP contribution in [0.4, 0.5) is 11.6 Å². The van der Waals surface area contributed by atoms with Crippen LogP contribution in [0.25, 0.3) is 10.9 Å². The van der Waals surface area contributed by atoms with Crippen molar-refractivity contribution in [1.29, 1.82) is 0 Å². The minimum atomic E-state index is 0.00252. The van der Waals surface area contributed by atoms with Crippen LogP contribution in [-0.2, 0) is 11.2 Å². The Morgan fingerprint density at radius 3 is 2.76 bits per heavy atom. The number of anilines is 2. The summed E-state index contributed by atoms with van der Waals surface area (Å²) in [7, 11) is 0. The Morgan fingerprint density at radius 1 is 1.00 bits per heavy atom. The molecule has 1 amide bonds. The zero-order chi connectivity index (χ0) is 22.5. The molecule has 4 aromatic rings. The molecule has 1 N–H and O–H groups in total. The van der Waals surface area contributed by atoms with Gasteiger partial charge in [0.05, 0.1) is 18.7 Å². The molecule has 5 rings (SSSR count). The highest BCUT2D eigenvalue weighted by Gasteiger charge is 2.24. The van der Waals surface area contributed by atoms with Crippen LogP contribution in [0.3, 0.4) is 0 Å². The zero-order valence-electron chi connectivity index (χ0n) is 18.2. The van der Waals surface area contributed by atoms with Crippen LogP contribution < -0.4 is 5.32 Å². The monoisotopic (exact) mass is 439 g/mol. The van der Waals surface area contributed by atoms with Crippen molar-refractivity contribution in [2.24, 2.45) is 5.92 Å². The van der Waals surface area contributed by atoms with Crippen molar-refractivity contribution in [3.63, 3.8) is 0 Å². The number of nitrogens with one attached hydrogen (secondary N) is 1. The smallest absolute Gasteiger partial charge is 0.254 e. The van der Waals surface area contributed by atoms with Gasteiger partial charge in [0.2, 0.25) is 5.95 Å². The lowest BCUT2D eigenvalue weighted by atomic mass is 9.96. The molecule has 1 saturated heterocycles. The average Bonchev–Trinajstić information content (AvgIpc) is 3.10. The number of ether oxygens (including phenoxy) is 1. The van der Waals surface area contributed by atoms with E-state index in [2.05, 4.69) is 32.4 Å². The van der Waals surface area contributed by atoms with Gasteiger partial charge >= 0.3 is 0 Å². The van der Waals surface area contributed by atoms with Gasteiger partial charge < -0.3 is 15.0 Å². The van der Waals surface area contributed by atoms with E-state index in [1.165, 1.54) is 5.56 Å². The van der Waals surface area contributed by atoms with Crippen molar-refractivity contribution in [2.45, 2.75) is 6.42 Å². The molecule has 0 radical (unpaired) electrons. The minimum Gasteiger partial charge on any atom is -0.379 e. The number of aromatic nitrogens is 3. The molecule has 2 aromatic heterocycles. The lowest BCUT2D eigenvalue weighted by Crippen LogP contribution is -2.36. The highest BCUT2D eigenvalue weighted by atomic mass is 16.5. The molecule has 0 aliphatic carbocycles. The molecule has 7 nitrogen and oxygen atoms in total. The van der Waals surface area contributed by atoms with Gasteiger partial charge in [-0.1, -0.05) is 24.3 Å². The molecule has 1 atom stereocenters. The van der Waals surface area contributed by atoms with E-state index in [-0.39, 0.29) is 11.8 Å². The van der Waals surface area contributed by atoms with Crippen LogP contribution in [0.15, 0.2) is 79.3 Å². The van der Waals surface area contributed by atoms with Crippen LogP contribution in [0.1, 0.15) is 15.9 Å². The van der Waals surface area contributed by atoms with Gasteiger partial charge in [-0.15, -0.1) is 0 Å². The maximum atomic E-state index is 13.4. The number of amides is 1. The molecule has 1 aliphatic rings. The lowest BCUT2D eigenvalue weighted by Gasteiger charge is -2.24. The summed E-state index contributed by atoms with van der Waals surface area (Å²) in [6, 6.07) is 19.5. The first kappa shape index (κ1) is 21.0. The van der Waals surface area contributed by atoms with Crippen molar-refractivity contribution in [3.05, 3.63) is 90.4 Å². The first-order valence-corrected chi connectivity index (χ1v) is 11.1. The van der Waals surface area contributed by atoms with Crippen molar-refractivity contribution >= 4 is 28.4 Å². The van der Waals surface area contributed by atoms with Crippen molar-refractivity contribution in [2.75, 3.05) is 31.6 Å². The first-order valence-electron chi connectivity index (χ1n) is 11.1. The number of hydrogen-bond acceptors (Lipinski definition) is 6. The van der Waals surface area contributed by atoms with Crippen LogP contribution >= 0.6 is 0 Å². The predicted molar refractivity (Wildman–Crippen MR) is 127 cm³/mol. The van der Waals surface area contributed by atoms with E-state index in [4.69, 9.17) is 4.74 Å². The molecule has 7 heteroatoms. The first-order chi connectivity index (χ1) is 16.3. The molecule has 0 spiro atoms. The van der Waals surface area contributed by atoms with Crippen molar-refractivity contribution in [1.82, 2.24) is 19.9 Å². The minimum absolute atomic E-state index is 0.00252. The van der Waals surface area contributed by atoms with E-state index < -0.39 is 0 Å². The summed E-state index contributed by atoms with van der Waals surface area (Å²) in [5.74, 6) is 0.707. The third kappa shape index (κ3) is 4.99. The van der Waals surface area contributed by atoms with E-state index in [1.807, 2.05) is 53.6 Å². The van der Waals surface area contributed by atoms with Crippen LogP contribution in [-0.4, -0.2) is 52.1 Å². The molecule has 3 heterocycles. The Balaban J connectivity index is 1.32. The molecular formula is C26H25N5O2. The number of carbonyl (C=O) groups is 1. The lowest BCUT2D eigenvalue weighted by molar-refractivity contribution is 0.0737. The Hall–Kier alpha value is -3.84. The average molecular weight is 440 g/mol. The Morgan fingerprint density at radius 2 is 1.85 bits per heavy atom. The third-order valence-corrected chi connectivity index (χ3v) is 5.80. The summed E-state index contributed by atoms with van der Waals surface area (Å²) >= 11 is 0. The second-order valence-corrected chi connectivity index (χ2v) is 8.16. The van der Waals surface area contributed by atoms with E-state index >= 15 is 0 Å². The summed E-state index contributed by atoms with van der Waals surface area (Å²) in [5.41, 5.74) is 3.63. The van der Waals surface area contributed by atoms with Crippen LogP contribution in [0.5, 0.6) is 0 Å². The van der Waals surface area contributed by atoms with Gasteiger partial charge in [0, 0.05) is 54.2 Å². The van der Waals surface area contributed by atoms with Crippen molar-refractivity contribution in [3.8, 4) is 0 Å². The van der Waals surface area contributed by atoms with Gasteiger partial charge in [0.25, 0.3) is 5.91 Å². The molecule has 1 aliphatic heterocycles. The molecular weight excluding hydrogens is 414 g/mol. The van der Waals surface area contributed by atoms with Crippen molar-refractivity contribution < 1.29 is 9.53 Å². The fourth-order valence-corrected chi connectivity index (χ4v) is 4.25. The zero-order valence-corrected chi connectivity index (χ0v) is 18.2. The van der Waals surface area contributed by atoms with E-state index in [1.54, 1.807) is 18.5 Å². The second-order valence-electron chi connectivity index (χ2n) is 8.16. The van der Waals surface area contributed by atoms with Gasteiger partial charge in [0.15, 0.2) is 0 Å². The Bertz CT molecular complexity index is 1240. The number of carbonyl (C=O) groups excluding carboxylic acids is 1. The van der Waals surface area contributed by atoms with Gasteiger partial charge in [-0.3, -0.25) is 9.78 Å². The summed E-state index contributed by atoms with van der Waals surface area (Å²) in [5, 5.41) is 4.31. The predicted octanol–water partition coefficient (Wildman–Crippen LogP) is 4.10. The van der Waals surface area contributed by atoms with Crippen LogP contribution in [0.2, 0.25) is 0 Å². The number of nitrogens with zero attached hydrogens (tertiary/aromatic N) is 4. The highest BCUT2D eigenvalue weighted by Crippen LogP contribution is 2.23. The fourth-order valence-electron chi connectivity index (χ4n) is 4.25. The van der Waals surface area contributed by atoms with Gasteiger partial charge in [-0.2, -0.15) is 0 Å². The summed E-state index contributed by atoms with van der Waals surface area (Å²) in [6.45, 7) is 2.39. The second kappa shape index (κ2) is 9.75. The molecule has 0 saturated carbocycles. The van der Waals surface area contributed by atoms with Gasteiger partial charge in [-0.25, -0.2) is 9.97 Å². The number of hydrogen-bond donors (Lipinski definition) is 1. The largest absolute Gasteiger partial charge is 0.379 e. The maximum absolute atomic E-state index is 13.4. The summed E-state index contributed by atoms with van der Waals surface area (Å²) in [4.78, 5) is 28.1. The normalized spacial score (nSPS) is 16.4. The standard InChI is InChI=1S/C26H25N5O2/c32-25(21-6-1-7-22(16-21)30-26-28-11-4-12-29-26)31-13-14-33-18-19(17-31)15-20-5-2-9-24-23(20)8-3-10-27-24/h1-12,16,19H,13-15,17-18H2,(H,28,29,30). The summed E-state index contributed by atoms with van der Waals surface area (Å²) in [6.07, 6.45) is 6.00. The van der Waals surface area contributed by atoms with Crippen LogP contribution in [0, 0.1) is 5.92 Å². The Labute approximate surface area is 192 Å². The number of fused-ring (bicyclic) bond motifs is 1. The number of benzene rings is 2. The Kier molecular flexibility index (Phi) is 6.21. The van der Waals surface area contributed by atoms with E-state index in [0.717, 1.165) is 23.0 Å². The highest BCUT2D eigenvalue weighted by molar-refractivity contribution is 5.95. The summed E-state index contributed by atoms with van der Waals surface area (Å²) < 4.78 is 5.87. The number of rotatable bonds is 5. The molecule has 33 heavy (non-hydrogen) atoms. The quantitative estimate of drug-likeness (QED) is 0.504. The molecule has 166 valence electrons. The van der Waals surface area contributed by atoms with E-state index in [0.29, 0.717) is 37.8 Å². The molecule has 0 bridgehead atoms. The molecule has 2 aromatic carbocycles.